The van der Waals surface area contributed by atoms with Crippen LogP contribution in [0.1, 0.15) is 108 Å². The Labute approximate surface area is 192 Å². The second-order valence-corrected chi connectivity index (χ2v) is 9.61. The molecule has 170 valence electrons. The van der Waals surface area contributed by atoms with Crippen LogP contribution < -0.4 is 0 Å². The summed E-state index contributed by atoms with van der Waals surface area (Å²) in [5, 5.41) is 8.47. The molecule has 2 rings (SSSR count). The zero-order valence-corrected chi connectivity index (χ0v) is 20.0. The molecule has 1 saturated carbocycles. The molecular formula is C30H45N. The van der Waals surface area contributed by atoms with Crippen LogP contribution in [0.5, 0.6) is 0 Å². The third-order valence-corrected chi connectivity index (χ3v) is 7.05. The number of rotatable bonds is 15. The molecule has 0 aliphatic heterocycles. The van der Waals surface area contributed by atoms with Crippen LogP contribution in [0, 0.1) is 23.2 Å². The van der Waals surface area contributed by atoms with Gasteiger partial charge < -0.3 is 0 Å². The lowest BCUT2D eigenvalue weighted by Gasteiger charge is -2.28. The summed E-state index contributed by atoms with van der Waals surface area (Å²) < 4.78 is 0. The number of unbranched alkanes of at least 4 members (excludes halogenated alkanes) is 5. The lowest BCUT2D eigenvalue weighted by atomic mass is 9.78. The number of aryl methyl sites for hydroxylation is 2. The Morgan fingerprint density at radius 1 is 0.774 bits per heavy atom. The first-order chi connectivity index (χ1) is 15.3. The van der Waals surface area contributed by atoms with E-state index in [9.17, 15) is 0 Å². The summed E-state index contributed by atoms with van der Waals surface area (Å²) in [6, 6.07) is 11.5. The highest BCUT2D eigenvalue weighted by atomic mass is 14.3. The number of hydrogen-bond acceptors (Lipinski definition) is 1. The van der Waals surface area contributed by atoms with Gasteiger partial charge in [0.05, 0.1) is 6.07 Å². The van der Waals surface area contributed by atoms with Crippen LogP contribution in [-0.2, 0) is 12.8 Å². The van der Waals surface area contributed by atoms with Crippen molar-refractivity contribution in [1.29, 1.82) is 5.26 Å². The maximum atomic E-state index is 8.47. The zero-order chi connectivity index (χ0) is 22.0. The number of allylic oxidation sites excluding steroid dienone is 4. The molecule has 0 amide bonds. The zero-order valence-electron chi connectivity index (χ0n) is 20.0. The van der Waals surface area contributed by atoms with E-state index in [0.717, 1.165) is 18.3 Å². The summed E-state index contributed by atoms with van der Waals surface area (Å²) in [7, 11) is 0. The molecular weight excluding hydrogens is 374 g/mol. The van der Waals surface area contributed by atoms with Crippen LogP contribution in [-0.4, -0.2) is 0 Å². The van der Waals surface area contributed by atoms with E-state index < -0.39 is 0 Å². The van der Waals surface area contributed by atoms with Gasteiger partial charge in [0.2, 0.25) is 0 Å². The van der Waals surface area contributed by atoms with Crippen LogP contribution in [0.4, 0.5) is 0 Å². The SMILES string of the molecule is CCCCCCCc1ccc(CCCC[C@H]2CC[C@H](CC/C=C/C=C/C#N)CC2)cc1. The smallest absolute Gasteiger partial charge is 0.0912 e. The van der Waals surface area contributed by atoms with Gasteiger partial charge in [-0.2, -0.15) is 5.26 Å². The molecule has 1 nitrogen and oxygen atoms in total. The highest BCUT2D eigenvalue weighted by Gasteiger charge is 2.20. The van der Waals surface area contributed by atoms with Gasteiger partial charge in [-0.3, -0.25) is 0 Å². The number of nitriles is 1. The van der Waals surface area contributed by atoms with Gasteiger partial charge in [0, 0.05) is 6.08 Å². The molecule has 1 fully saturated rings. The summed E-state index contributed by atoms with van der Waals surface area (Å²) in [6.45, 7) is 2.28. The molecule has 0 unspecified atom stereocenters. The van der Waals surface area contributed by atoms with Crippen molar-refractivity contribution in [3.8, 4) is 6.07 Å². The fourth-order valence-electron chi connectivity index (χ4n) is 4.98. The molecule has 0 atom stereocenters. The maximum Gasteiger partial charge on any atom is 0.0912 e. The van der Waals surface area contributed by atoms with E-state index in [1.807, 2.05) is 18.2 Å². The van der Waals surface area contributed by atoms with Crippen molar-refractivity contribution in [2.75, 3.05) is 0 Å². The van der Waals surface area contributed by atoms with Gasteiger partial charge in [0.1, 0.15) is 0 Å². The van der Waals surface area contributed by atoms with E-state index in [-0.39, 0.29) is 0 Å². The molecule has 1 aliphatic carbocycles. The molecule has 31 heavy (non-hydrogen) atoms. The first-order valence-electron chi connectivity index (χ1n) is 13.1. The Morgan fingerprint density at radius 2 is 1.35 bits per heavy atom. The molecule has 1 heteroatoms. The van der Waals surface area contributed by atoms with Gasteiger partial charge in [-0.15, -0.1) is 0 Å². The van der Waals surface area contributed by atoms with Crippen LogP contribution in [0.2, 0.25) is 0 Å². The highest BCUT2D eigenvalue weighted by Crippen LogP contribution is 2.34. The third-order valence-electron chi connectivity index (χ3n) is 7.05. The maximum absolute atomic E-state index is 8.47. The van der Waals surface area contributed by atoms with Crippen LogP contribution in [0.3, 0.4) is 0 Å². The van der Waals surface area contributed by atoms with Crippen molar-refractivity contribution in [1.82, 2.24) is 0 Å². The lowest BCUT2D eigenvalue weighted by Crippen LogP contribution is -2.14. The van der Waals surface area contributed by atoms with E-state index in [2.05, 4.69) is 37.3 Å². The van der Waals surface area contributed by atoms with Crippen molar-refractivity contribution in [3.63, 3.8) is 0 Å². The number of hydrogen-bond donors (Lipinski definition) is 0. The third kappa shape index (κ3) is 12.0. The van der Waals surface area contributed by atoms with E-state index in [1.165, 1.54) is 114 Å². The van der Waals surface area contributed by atoms with E-state index >= 15 is 0 Å². The van der Waals surface area contributed by atoms with Crippen molar-refractivity contribution < 1.29 is 0 Å². The minimum atomic E-state index is 0.922. The Hall–Kier alpha value is -1.81. The summed E-state index contributed by atoms with van der Waals surface area (Å²) >= 11 is 0. The standard InChI is InChI=1S/C30H45N/c1-2-3-4-6-9-14-27-18-22-29(23-19-27)16-11-12-17-30-24-20-28(21-25-30)15-10-7-5-8-13-26-31/h5,7-8,13,18-19,22-23,28,30H,2-4,6,9-12,14-17,20-21,24-25H2,1H3/b7-5+,13-8+/t28-,30-. The van der Waals surface area contributed by atoms with Gasteiger partial charge in [-0.1, -0.05) is 114 Å². The molecule has 0 N–H and O–H groups in total. The van der Waals surface area contributed by atoms with Crippen molar-refractivity contribution >= 4 is 0 Å². The average molecular weight is 420 g/mol. The summed E-state index contributed by atoms with van der Waals surface area (Å²) in [4.78, 5) is 0. The molecule has 1 aromatic carbocycles. The normalized spacial score (nSPS) is 19.2. The second kappa shape index (κ2) is 16.8. The predicted molar refractivity (Wildman–Crippen MR) is 135 cm³/mol. The highest BCUT2D eigenvalue weighted by molar-refractivity contribution is 5.22. The van der Waals surface area contributed by atoms with E-state index in [1.54, 1.807) is 0 Å². The average Bonchev–Trinajstić information content (AvgIpc) is 2.81. The van der Waals surface area contributed by atoms with Crippen molar-refractivity contribution in [2.45, 2.75) is 110 Å². The van der Waals surface area contributed by atoms with E-state index in [4.69, 9.17) is 5.26 Å². The summed E-state index contributed by atoms with van der Waals surface area (Å²) in [5.74, 6) is 1.89. The Morgan fingerprint density at radius 3 is 1.97 bits per heavy atom. The quantitative estimate of drug-likeness (QED) is 0.158. The molecule has 1 aliphatic rings. The van der Waals surface area contributed by atoms with Gasteiger partial charge in [0.25, 0.3) is 0 Å². The first kappa shape index (κ1) is 25.5. The van der Waals surface area contributed by atoms with Gasteiger partial charge in [-0.25, -0.2) is 0 Å². The monoisotopic (exact) mass is 419 g/mol. The van der Waals surface area contributed by atoms with Crippen molar-refractivity contribution in [3.05, 3.63) is 59.7 Å². The fraction of sp³-hybridized carbons (Fsp3) is 0.633. The van der Waals surface area contributed by atoms with E-state index in [0.29, 0.717) is 0 Å². The fourth-order valence-corrected chi connectivity index (χ4v) is 4.98. The predicted octanol–water partition coefficient (Wildman–Crippen LogP) is 9.13. The van der Waals surface area contributed by atoms with Crippen LogP contribution >= 0.6 is 0 Å². The number of benzene rings is 1. The van der Waals surface area contributed by atoms with Gasteiger partial charge in [-0.05, 0) is 61.5 Å². The Kier molecular flexibility index (Phi) is 13.8. The molecule has 0 radical (unpaired) electrons. The molecule has 0 saturated heterocycles. The lowest BCUT2D eigenvalue weighted by molar-refractivity contribution is 0.250. The molecule has 1 aromatic rings. The molecule has 0 heterocycles. The minimum Gasteiger partial charge on any atom is -0.193 e. The molecule has 0 aromatic heterocycles. The molecule has 0 bridgehead atoms. The van der Waals surface area contributed by atoms with Crippen molar-refractivity contribution in [2.24, 2.45) is 11.8 Å². The van der Waals surface area contributed by atoms with Crippen LogP contribution in [0.15, 0.2) is 48.6 Å². The topological polar surface area (TPSA) is 23.8 Å². The van der Waals surface area contributed by atoms with Gasteiger partial charge in [0.15, 0.2) is 0 Å². The number of nitrogens with zero attached hydrogens (tertiary/aromatic N) is 1. The Bertz CT molecular complexity index is 653. The van der Waals surface area contributed by atoms with Gasteiger partial charge >= 0.3 is 0 Å². The largest absolute Gasteiger partial charge is 0.193 e. The minimum absolute atomic E-state index is 0.922. The molecule has 0 spiro atoms. The Balaban J connectivity index is 1.50. The van der Waals surface area contributed by atoms with Crippen LogP contribution in [0.25, 0.3) is 0 Å². The first-order valence-corrected chi connectivity index (χ1v) is 13.1. The second-order valence-electron chi connectivity index (χ2n) is 9.61. The summed E-state index contributed by atoms with van der Waals surface area (Å²) in [6.07, 6.45) is 29.3. The summed E-state index contributed by atoms with van der Waals surface area (Å²) in [5.41, 5.74) is 3.04.